The van der Waals surface area contributed by atoms with E-state index in [1.165, 1.54) is 0 Å². The van der Waals surface area contributed by atoms with E-state index in [4.69, 9.17) is 10.8 Å². The fourth-order valence-electron chi connectivity index (χ4n) is 1.76. The monoisotopic (exact) mass is 330 g/mol. The standard InChI is InChI=1S/C14H23BrO2Si/c1-7-8-14(16)10-11(9-12(14)15)17-18(5,6)13(2,3)4/h1,9,11,16H,8,10H2,2-6H3/t11-,14?/m1/s1. The van der Waals surface area contributed by atoms with Gasteiger partial charge in [0.2, 0.25) is 0 Å². The third-order valence-electron chi connectivity index (χ3n) is 3.96. The second-order valence-corrected chi connectivity index (χ2v) is 12.2. The molecule has 0 aromatic heterocycles. The Balaban J connectivity index is 2.78. The van der Waals surface area contributed by atoms with Crippen LogP contribution in [0.25, 0.3) is 0 Å². The highest BCUT2D eigenvalue weighted by Crippen LogP contribution is 2.43. The van der Waals surface area contributed by atoms with Gasteiger partial charge < -0.3 is 9.53 Å². The number of terminal acetylenes is 1. The van der Waals surface area contributed by atoms with Crippen LogP contribution < -0.4 is 0 Å². The summed E-state index contributed by atoms with van der Waals surface area (Å²) in [5.41, 5.74) is -0.943. The molecule has 0 radical (unpaired) electrons. The molecule has 0 heterocycles. The molecule has 2 atom stereocenters. The van der Waals surface area contributed by atoms with Gasteiger partial charge in [-0.15, -0.1) is 12.3 Å². The van der Waals surface area contributed by atoms with Crippen molar-refractivity contribution in [3.63, 3.8) is 0 Å². The quantitative estimate of drug-likeness (QED) is 0.629. The van der Waals surface area contributed by atoms with Crippen molar-refractivity contribution < 1.29 is 9.53 Å². The van der Waals surface area contributed by atoms with Crippen LogP contribution in [0.4, 0.5) is 0 Å². The van der Waals surface area contributed by atoms with Gasteiger partial charge in [0.15, 0.2) is 8.32 Å². The predicted molar refractivity (Wildman–Crippen MR) is 82.1 cm³/mol. The molecule has 1 aliphatic carbocycles. The molecule has 0 fully saturated rings. The fourth-order valence-corrected chi connectivity index (χ4v) is 3.62. The summed E-state index contributed by atoms with van der Waals surface area (Å²) in [6.45, 7) is 11.1. The normalized spacial score (nSPS) is 29.0. The SMILES string of the molecule is C#CCC1(O)C[C@H](O[Si](C)(C)C(C)(C)C)C=C1Br. The Bertz CT molecular complexity index is 390. The van der Waals surface area contributed by atoms with Crippen LogP contribution in [-0.2, 0) is 4.43 Å². The maximum Gasteiger partial charge on any atom is 0.192 e. The van der Waals surface area contributed by atoms with Crippen molar-refractivity contribution in [2.45, 2.75) is 63.5 Å². The lowest BCUT2D eigenvalue weighted by Crippen LogP contribution is -2.44. The Labute approximate surface area is 120 Å². The first-order chi connectivity index (χ1) is 8.02. The van der Waals surface area contributed by atoms with Gasteiger partial charge in [-0.2, -0.15) is 0 Å². The van der Waals surface area contributed by atoms with Gasteiger partial charge in [-0.3, -0.25) is 0 Å². The summed E-state index contributed by atoms with van der Waals surface area (Å²) in [6.07, 6.45) is 8.09. The highest BCUT2D eigenvalue weighted by atomic mass is 79.9. The third kappa shape index (κ3) is 3.27. The van der Waals surface area contributed by atoms with Crippen LogP contribution in [0.3, 0.4) is 0 Å². The second-order valence-electron chi connectivity index (χ2n) is 6.55. The van der Waals surface area contributed by atoms with E-state index < -0.39 is 13.9 Å². The van der Waals surface area contributed by atoms with E-state index >= 15 is 0 Å². The Hall–Kier alpha value is -0.0831. The minimum absolute atomic E-state index is 0.0429. The van der Waals surface area contributed by atoms with Crippen LogP contribution >= 0.6 is 15.9 Å². The summed E-state index contributed by atoms with van der Waals surface area (Å²) < 4.78 is 7.04. The molecular weight excluding hydrogens is 308 g/mol. The number of rotatable bonds is 3. The second kappa shape index (κ2) is 5.13. The van der Waals surface area contributed by atoms with Crippen molar-refractivity contribution in [2.24, 2.45) is 0 Å². The summed E-state index contributed by atoms with van der Waals surface area (Å²) >= 11 is 3.41. The average Bonchev–Trinajstić information content (AvgIpc) is 2.39. The topological polar surface area (TPSA) is 29.5 Å². The van der Waals surface area contributed by atoms with Gasteiger partial charge in [0.05, 0.1) is 6.10 Å². The molecular formula is C14H23BrO2Si. The van der Waals surface area contributed by atoms with Crippen molar-refractivity contribution in [3.8, 4) is 12.3 Å². The van der Waals surface area contributed by atoms with Crippen LogP contribution in [0.15, 0.2) is 10.6 Å². The molecule has 1 N–H and O–H groups in total. The van der Waals surface area contributed by atoms with Gasteiger partial charge in [0.1, 0.15) is 5.60 Å². The van der Waals surface area contributed by atoms with Gasteiger partial charge in [0.25, 0.3) is 0 Å². The summed E-state index contributed by atoms with van der Waals surface area (Å²) in [6, 6.07) is 0. The van der Waals surface area contributed by atoms with Gasteiger partial charge >= 0.3 is 0 Å². The largest absolute Gasteiger partial charge is 0.410 e. The maximum absolute atomic E-state index is 10.4. The van der Waals surface area contributed by atoms with E-state index in [-0.39, 0.29) is 11.1 Å². The lowest BCUT2D eigenvalue weighted by molar-refractivity contribution is 0.0631. The van der Waals surface area contributed by atoms with E-state index in [0.717, 1.165) is 4.48 Å². The zero-order chi connectivity index (χ0) is 14.2. The highest BCUT2D eigenvalue weighted by Gasteiger charge is 2.44. The summed E-state index contributed by atoms with van der Waals surface area (Å²) in [7, 11) is -1.81. The molecule has 0 spiro atoms. The summed E-state index contributed by atoms with van der Waals surface area (Å²) in [4.78, 5) is 0. The van der Waals surface area contributed by atoms with E-state index in [1.807, 2.05) is 6.08 Å². The lowest BCUT2D eigenvalue weighted by Gasteiger charge is -2.38. The number of hydrogen-bond donors (Lipinski definition) is 1. The van der Waals surface area contributed by atoms with Crippen molar-refractivity contribution in [1.82, 2.24) is 0 Å². The van der Waals surface area contributed by atoms with Gasteiger partial charge in [-0.25, -0.2) is 0 Å². The van der Waals surface area contributed by atoms with Crippen LogP contribution in [0.5, 0.6) is 0 Å². The summed E-state index contributed by atoms with van der Waals surface area (Å²) in [5, 5.41) is 10.6. The molecule has 18 heavy (non-hydrogen) atoms. The molecule has 1 aliphatic rings. The van der Waals surface area contributed by atoms with Crippen molar-refractivity contribution in [3.05, 3.63) is 10.6 Å². The smallest absolute Gasteiger partial charge is 0.192 e. The first-order valence-corrected chi connectivity index (χ1v) is 9.93. The third-order valence-corrected chi connectivity index (χ3v) is 9.47. The van der Waals surface area contributed by atoms with Crippen LogP contribution in [0.1, 0.15) is 33.6 Å². The van der Waals surface area contributed by atoms with Crippen molar-refractivity contribution in [2.75, 3.05) is 0 Å². The van der Waals surface area contributed by atoms with E-state index in [1.54, 1.807) is 0 Å². The maximum atomic E-state index is 10.4. The molecule has 1 rings (SSSR count). The lowest BCUT2D eigenvalue weighted by atomic mass is 9.99. The van der Waals surface area contributed by atoms with Gasteiger partial charge in [-0.1, -0.05) is 36.7 Å². The Morgan fingerprint density at radius 3 is 2.61 bits per heavy atom. The highest BCUT2D eigenvalue weighted by molar-refractivity contribution is 9.11. The molecule has 0 amide bonds. The number of halogens is 1. The molecule has 4 heteroatoms. The van der Waals surface area contributed by atoms with Crippen LogP contribution in [-0.4, -0.2) is 25.1 Å². The Morgan fingerprint density at radius 2 is 2.17 bits per heavy atom. The zero-order valence-electron chi connectivity index (χ0n) is 11.9. The molecule has 0 saturated carbocycles. The first kappa shape index (κ1) is 16.0. The van der Waals surface area contributed by atoms with Crippen LogP contribution in [0.2, 0.25) is 18.1 Å². The molecule has 0 aromatic carbocycles. The molecule has 0 saturated heterocycles. The minimum atomic E-state index is -1.81. The summed E-state index contributed by atoms with van der Waals surface area (Å²) in [5.74, 6) is 2.53. The molecule has 1 unspecified atom stereocenters. The first-order valence-electron chi connectivity index (χ1n) is 6.23. The number of hydrogen-bond acceptors (Lipinski definition) is 2. The van der Waals surface area contributed by atoms with Crippen LogP contribution in [0, 0.1) is 12.3 Å². The van der Waals surface area contributed by atoms with Crippen molar-refractivity contribution in [1.29, 1.82) is 0 Å². The molecule has 102 valence electrons. The molecule has 2 nitrogen and oxygen atoms in total. The van der Waals surface area contributed by atoms with Gasteiger partial charge in [0, 0.05) is 17.3 Å². The fraction of sp³-hybridized carbons (Fsp3) is 0.714. The van der Waals surface area contributed by atoms with Gasteiger partial charge in [-0.05, 0) is 24.2 Å². The Morgan fingerprint density at radius 1 is 1.61 bits per heavy atom. The minimum Gasteiger partial charge on any atom is -0.410 e. The predicted octanol–water partition coefficient (Wildman–Crippen LogP) is 3.81. The molecule has 0 aromatic rings. The van der Waals surface area contributed by atoms with E-state index in [9.17, 15) is 5.11 Å². The zero-order valence-corrected chi connectivity index (χ0v) is 14.5. The van der Waals surface area contributed by atoms with E-state index in [2.05, 4.69) is 55.7 Å². The molecule has 0 bridgehead atoms. The van der Waals surface area contributed by atoms with Crippen molar-refractivity contribution >= 4 is 24.2 Å². The average molecular weight is 331 g/mol. The molecule has 0 aliphatic heterocycles. The Kier molecular flexibility index (Phi) is 4.55. The van der Waals surface area contributed by atoms with E-state index in [0.29, 0.717) is 12.8 Å². The number of aliphatic hydroxyl groups is 1.